The van der Waals surface area contributed by atoms with Crippen LogP contribution < -0.4 is 10.1 Å². The number of carbonyl (C=O) groups is 3. The Morgan fingerprint density at radius 2 is 1.73 bits per heavy atom. The van der Waals surface area contributed by atoms with Crippen LogP contribution in [0.1, 0.15) is 22.3 Å². The van der Waals surface area contributed by atoms with Crippen molar-refractivity contribution in [2.24, 2.45) is 0 Å². The summed E-state index contributed by atoms with van der Waals surface area (Å²) < 4.78 is 31.7. The lowest BCUT2D eigenvalue weighted by atomic mass is 9.84. The van der Waals surface area contributed by atoms with Gasteiger partial charge in [-0.05, 0) is 18.2 Å². The van der Waals surface area contributed by atoms with Crippen LogP contribution in [0.25, 0.3) is 0 Å². The van der Waals surface area contributed by atoms with E-state index in [1.165, 1.54) is 18.2 Å². The van der Waals surface area contributed by atoms with Crippen LogP contribution in [0.4, 0.5) is 4.79 Å². The van der Waals surface area contributed by atoms with E-state index >= 15 is 0 Å². The normalized spacial score (nSPS) is 23.9. The lowest BCUT2D eigenvalue weighted by molar-refractivity contribution is -0.132. The number of nitrogens with zero attached hydrogens (tertiary/aromatic N) is 2. The van der Waals surface area contributed by atoms with Crippen molar-refractivity contribution in [1.29, 1.82) is 0 Å². The Morgan fingerprint density at radius 3 is 2.53 bits per heavy atom. The summed E-state index contributed by atoms with van der Waals surface area (Å²) in [7, 11) is -4.01. The van der Waals surface area contributed by atoms with E-state index in [2.05, 4.69) is 5.32 Å². The fourth-order valence-electron chi connectivity index (χ4n) is 4.22. The summed E-state index contributed by atoms with van der Waals surface area (Å²) in [6.45, 7) is -0.303. The topological polar surface area (TPSA) is 113 Å². The van der Waals surface area contributed by atoms with E-state index in [1.807, 2.05) is 0 Å². The molecule has 5 rings (SSSR count). The fourth-order valence-corrected chi connectivity index (χ4v) is 5.78. The molecule has 9 nitrogen and oxygen atoms in total. The van der Waals surface area contributed by atoms with Gasteiger partial charge in [-0.1, -0.05) is 30.3 Å². The monoisotopic (exact) mass is 427 g/mol. The number of carbonyl (C=O) groups excluding carboxylic acids is 3. The predicted molar refractivity (Wildman–Crippen MR) is 103 cm³/mol. The Balaban J connectivity index is 1.41. The Kier molecular flexibility index (Phi) is 3.91. The van der Waals surface area contributed by atoms with Crippen molar-refractivity contribution in [2.75, 3.05) is 19.7 Å². The second-order valence-corrected chi connectivity index (χ2v) is 9.10. The molecule has 10 heteroatoms. The second-order valence-electron chi connectivity index (χ2n) is 7.27. The van der Waals surface area contributed by atoms with Gasteiger partial charge < -0.3 is 10.1 Å². The molecule has 1 fully saturated rings. The largest absolute Gasteiger partial charge is 0.493 e. The molecule has 3 heterocycles. The van der Waals surface area contributed by atoms with Crippen LogP contribution in [0.5, 0.6) is 5.75 Å². The molecule has 154 valence electrons. The zero-order valence-electron chi connectivity index (χ0n) is 15.7. The first-order valence-electron chi connectivity index (χ1n) is 9.39. The molecule has 0 saturated carbocycles. The van der Waals surface area contributed by atoms with Gasteiger partial charge in [0.25, 0.3) is 21.8 Å². The van der Waals surface area contributed by atoms with Gasteiger partial charge in [-0.25, -0.2) is 17.5 Å². The van der Waals surface area contributed by atoms with E-state index in [9.17, 15) is 22.8 Å². The Hall–Kier alpha value is -3.40. The first kappa shape index (κ1) is 18.6. The van der Waals surface area contributed by atoms with E-state index < -0.39 is 33.4 Å². The van der Waals surface area contributed by atoms with Gasteiger partial charge in [-0.15, -0.1) is 0 Å². The number of para-hydroxylation sites is 1. The Bertz CT molecular complexity index is 1210. The third-order valence-corrected chi connectivity index (χ3v) is 7.54. The molecule has 30 heavy (non-hydrogen) atoms. The summed E-state index contributed by atoms with van der Waals surface area (Å²) in [5.74, 6) is -0.624. The highest BCUT2D eigenvalue weighted by atomic mass is 32.2. The number of benzene rings is 2. The van der Waals surface area contributed by atoms with E-state index in [0.717, 1.165) is 4.90 Å². The minimum absolute atomic E-state index is 0.0676. The van der Waals surface area contributed by atoms with Crippen molar-refractivity contribution in [1.82, 2.24) is 14.5 Å². The van der Waals surface area contributed by atoms with Gasteiger partial charge in [0.05, 0.1) is 18.7 Å². The van der Waals surface area contributed by atoms with E-state index in [4.69, 9.17) is 4.74 Å². The van der Waals surface area contributed by atoms with Gasteiger partial charge in [0, 0.05) is 18.5 Å². The Morgan fingerprint density at radius 1 is 1.00 bits per heavy atom. The molecule has 1 atom stereocenters. The molecule has 3 aliphatic rings. The maximum absolute atomic E-state index is 13.3. The highest BCUT2D eigenvalue weighted by molar-refractivity contribution is 7.90. The lowest BCUT2D eigenvalue weighted by Gasteiger charge is -2.33. The number of imide groups is 1. The third-order valence-electron chi connectivity index (χ3n) is 5.70. The van der Waals surface area contributed by atoms with E-state index in [0.29, 0.717) is 15.6 Å². The number of ether oxygens (including phenoxy) is 1. The minimum atomic E-state index is -4.01. The first-order valence-corrected chi connectivity index (χ1v) is 10.8. The molecule has 3 aliphatic heterocycles. The van der Waals surface area contributed by atoms with Crippen molar-refractivity contribution in [2.45, 2.75) is 16.9 Å². The maximum Gasteiger partial charge on any atom is 0.325 e. The first-order chi connectivity index (χ1) is 14.4. The van der Waals surface area contributed by atoms with Crippen LogP contribution in [0.2, 0.25) is 0 Å². The highest BCUT2D eigenvalue weighted by Gasteiger charge is 2.55. The van der Waals surface area contributed by atoms with Crippen molar-refractivity contribution in [3.63, 3.8) is 0 Å². The van der Waals surface area contributed by atoms with Crippen molar-refractivity contribution >= 4 is 27.9 Å². The molecule has 2 aromatic rings. The average Bonchev–Trinajstić information content (AvgIpc) is 3.09. The smallest absolute Gasteiger partial charge is 0.325 e. The number of urea groups is 1. The number of rotatable bonds is 3. The van der Waals surface area contributed by atoms with Gasteiger partial charge in [-0.3, -0.25) is 14.5 Å². The highest BCUT2D eigenvalue weighted by Crippen LogP contribution is 2.41. The maximum atomic E-state index is 13.3. The van der Waals surface area contributed by atoms with Crippen molar-refractivity contribution in [3.05, 3.63) is 59.7 Å². The minimum Gasteiger partial charge on any atom is -0.493 e. The molecule has 1 N–H and O–H groups in total. The number of amides is 4. The molecular weight excluding hydrogens is 410 g/mol. The second kappa shape index (κ2) is 6.30. The third kappa shape index (κ3) is 2.40. The molecule has 2 aromatic carbocycles. The number of hydrogen-bond donors (Lipinski definition) is 1. The predicted octanol–water partition coefficient (Wildman–Crippen LogP) is 1.06. The van der Waals surface area contributed by atoms with Gasteiger partial charge in [-0.2, -0.15) is 0 Å². The van der Waals surface area contributed by atoms with Gasteiger partial charge in [0.15, 0.2) is 5.54 Å². The van der Waals surface area contributed by atoms with Crippen molar-refractivity contribution in [3.8, 4) is 5.75 Å². The quantitative estimate of drug-likeness (QED) is 0.733. The Labute approximate surface area is 172 Å². The number of nitrogens with one attached hydrogen (secondary N) is 1. The molecule has 0 unspecified atom stereocenters. The fraction of sp³-hybridized carbons (Fsp3) is 0.250. The van der Waals surface area contributed by atoms with Gasteiger partial charge in [0.2, 0.25) is 0 Å². The van der Waals surface area contributed by atoms with E-state index in [1.54, 1.807) is 30.3 Å². The van der Waals surface area contributed by atoms with Crippen molar-refractivity contribution < 1.29 is 27.5 Å². The summed E-state index contributed by atoms with van der Waals surface area (Å²) in [5.41, 5.74) is -0.595. The molecule has 4 amide bonds. The summed E-state index contributed by atoms with van der Waals surface area (Å²) in [5, 5.41) is 2.75. The molecule has 0 bridgehead atoms. The average molecular weight is 427 g/mol. The lowest BCUT2D eigenvalue weighted by Crippen LogP contribution is -2.48. The van der Waals surface area contributed by atoms with Crippen LogP contribution in [0, 0.1) is 0 Å². The SMILES string of the molecule is O=C1N[C@]2(CCOc3ccccc32)C(=O)N1CCN1C(=O)c2ccccc2S1(=O)=O. The number of fused-ring (bicyclic) bond motifs is 3. The zero-order chi connectivity index (χ0) is 21.1. The molecule has 0 radical (unpaired) electrons. The summed E-state index contributed by atoms with van der Waals surface area (Å²) in [4.78, 5) is 39.4. The van der Waals surface area contributed by atoms with Crippen LogP contribution >= 0.6 is 0 Å². The molecular formula is C20H17N3O6S. The van der Waals surface area contributed by atoms with Crippen LogP contribution in [0.15, 0.2) is 53.4 Å². The summed E-state index contributed by atoms with van der Waals surface area (Å²) in [6.07, 6.45) is 0.261. The molecule has 0 aromatic heterocycles. The van der Waals surface area contributed by atoms with E-state index in [-0.39, 0.29) is 36.6 Å². The molecule has 1 spiro atoms. The van der Waals surface area contributed by atoms with Crippen LogP contribution in [-0.4, -0.2) is 55.2 Å². The van der Waals surface area contributed by atoms with Gasteiger partial charge >= 0.3 is 6.03 Å². The zero-order valence-corrected chi connectivity index (χ0v) is 16.5. The summed E-state index contributed by atoms with van der Waals surface area (Å²) >= 11 is 0. The van der Waals surface area contributed by atoms with Crippen LogP contribution in [-0.2, 0) is 20.4 Å². The van der Waals surface area contributed by atoms with Crippen LogP contribution in [0.3, 0.4) is 0 Å². The number of hydrogen-bond acceptors (Lipinski definition) is 6. The molecule has 0 aliphatic carbocycles. The summed E-state index contributed by atoms with van der Waals surface area (Å²) in [6, 6.07) is 12.3. The van der Waals surface area contributed by atoms with Gasteiger partial charge in [0.1, 0.15) is 10.6 Å². The standard InChI is InChI=1S/C20H17N3O6S/c24-17-13-5-1-4-8-16(13)30(27,28)23(17)11-10-22-18(25)20(21-19(22)26)9-12-29-15-7-3-2-6-14(15)20/h1-8H,9-12H2,(H,21,26)/t20-/m0/s1. The molecule has 1 saturated heterocycles. The number of sulfonamides is 1.